The fraction of sp³-hybridized carbons (Fsp3) is 0.250. The van der Waals surface area contributed by atoms with Crippen molar-refractivity contribution in [2.24, 2.45) is 0 Å². The maximum atomic E-state index is 4.95. The van der Waals surface area contributed by atoms with Crippen LogP contribution in [-0.4, -0.2) is 48.7 Å². The molecule has 9 heteroatoms. The number of pyridine rings is 1. The quantitative estimate of drug-likeness (QED) is 0.454. The summed E-state index contributed by atoms with van der Waals surface area (Å²) >= 11 is 0. The van der Waals surface area contributed by atoms with E-state index in [0.717, 1.165) is 46.8 Å². The number of nitrogens with one attached hydrogen (secondary N) is 2. The Bertz CT molecular complexity index is 1280. The predicted molar refractivity (Wildman–Crippen MR) is 129 cm³/mol. The van der Waals surface area contributed by atoms with Crippen LogP contribution >= 0.6 is 0 Å². The first-order valence-corrected chi connectivity index (χ1v) is 10.9. The minimum Gasteiger partial charge on any atom is -0.378 e. The summed E-state index contributed by atoms with van der Waals surface area (Å²) in [6, 6.07) is 14.4. The summed E-state index contributed by atoms with van der Waals surface area (Å²) in [5.74, 6) is 2.47. The number of rotatable bonds is 7. The molecule has 0 radical (unpaired) electrons. The molecular formula is C24H27N9. The van der Waals surface area contributed by atoms with Crippen LogP contribution in [-0.2, 0) is 19.8 Å². The first-order chi connectivity index (χ1) is 16.1. The first-order valence-electron chi connectivity index (χ1n) is 10.9. The zero-order chi connectivity index (χ0) is 22.8. The number of H-pyrrole nitrogens is 1. The van der Waals surface area contributed by atoms with Crippen molar-refractivity contribution >= 4 is 17.6 Å². The van der Waals surface area contributed by atoms with E-state index in [4.69, 9.17) is 9.97 Å². The molecule has 1 aliphatic rings. The van der Waals surface area contributed by atoms with Crippen LogP contribution in [0, 0.1) is 6.92 Å². The first kappa shape index (κ1) is 20.9. The van der Waals surface area contributed by atoms with Crippen molar-refractivity contribution in [3.05, 3.63) is 77.9 Å². The Kier molecular flexibility index (Phi) is 5.62. The summed E-state index contributed by atoms with van der Waals surface area (Å²) in [7, 11) is 4.15. The van der Waals surface area contributed by atoms with Crippen molar-refractivity contribution in [1.29, 1.82) is 0 Å². The molecule has 0 saturated heterocycles. The molecule has 4 heterocycles. The molecular weight excluding hydrogens is 414 g/mol. The van der Waals surface area contributed by atoms with Gasteiger partial charge in [0.05, 0.1) is 12.2 Å². The maximum Gasteiger partial charge on any atom is 0.162 e. The van der Waals surface area contributed by atoms with Gasteiger partial charge in [0.1, 0.15) is 24.5 Å². The van der Waals surface area contributed by atoms with Gasteiger partial charge in [-0.25, -0.2) is 14.6 Å². The van der Waals surface area contributed by atoms with Gasteiger partial charge in [-0.3, -0.25) is 4.98 Å². The summed E-state index contributed by atoms with van der Waals surface area (Å²) in [6.07, 6.45) is 5.49. The second kappa shape index (κ2) is 8.87. The van der Waals surface area contributed by atoms with Crippen LogP contribution in [0.5, 0.6) is 0 Å². The third kappa shape index (κ3) is 4.49. The molecule has 3 aromatic heterocycles. The van der Waals surface area contributed by atoms with E-state index in [2.05, 4.69) is 62.5 Å². The third-order valence-electron chi connectivity index (χ3n) is 5.44. The monoisotopic (exact) mass is 441 g/mol. The molecule has 0 unspecified atom stereocenters. The number of anilines is 2. The molecule has 5 rings (SSSR count). The molecule has 0 bridgehead atoms. The highest BCUT2D eigenvalue weighted by Gasteiger charge is 2.21. The van der Waals surface area contributed by atoms with Crippen molar-refractivity contribution in [1.82, 2.24) is 34.6 Å². The molecule has 0 spiro atoms. The topological polar surface area (TPSA) is 90.8 Å². The normalized spacial score (nSPS) is 12.9. The number of imidazole rings is 1. The van der Waals surface area contributed by atoms with Crippen LogP contribution in [0.2, 0.25) is 0 Å². The van der Waals surface area contributed by atoms with Crippen LogP contribution in [0.25, 0.3) is 17.5 Å². The highest BCUT2D eigenvalue weighted by Crippen LogP contribution is 2.30. The number of nitrogens with zero attached hydrogens (tertiary/aromatic N) is 7. The molecule has 2 N–H and O–H groups in total. The number of aryl methyl sites for hydroxylation is 1. The van der Waals surface area contributed by atoms with Crippen molar-refractivity contribution in [2.75, 3.05) is 24.3 Å². The van der Waals surface area contributed by atoms with Gasteiger partial charge < -0.3 is 20.1 Å². The van der Waals surface area contributed by atoms with E-state index < -0.39 is 0 Å². The number of hydrogen-bond donors (Lipinski definition) is 2. The summed E-state index contributed by atoms with van der Waals surface area (Å²) in [5.41, 5.74) is 5.04. The SMILES string of the molecule is Cc1cccc(-c2[nH]c(CNc3ccccc3CN(C)C)nc2N2C=Cc3ncnn3C2)n1. The highest BCUT2D eigenvalue weighted by molar-refractivity contribution is 5.72. The summed E-state index contributed by atoms with van der Waals surface area (Å²) in [5, 5.41) is 7.86. The van der Waals surface area contributed by atoms with Gasteiger partial charge in [0, 0.05) is 24.1 Å². The van der Waals surface area contributed by atoms with Gasteiger partial charge in [-0.05, 0) is 50.9 Å². The van der Waals surface area contributed by atoms with E-state index in [1.165, 1.54) is 5.56 Å². The molecule has 0 aliphatic carbocycles. The second-order valence-corrected chi connectivity index (χ2v) is 8.34. The summed E-state index contributed by atoms with van der Waals surface area (Å²) < 4.78 is 1.84. The van der Waals surface area contributed by atoms with Crippen molar-refractivity contribution < 1.29 is 0 Å². The Morgan fingerprint density at radius 2 is 1.97 bits per heavy atom. The average Bonchev–Trinajstić information content (AvgIpc) is 3.45. The lowest BCUT2D eigenvalue weighted by molar-refractivity contribution is 0.403. The average molecular weight is 442 g/mol. The Hall–Kier alpha value is -3.98. The lowest BCUT2D eigenvalue weighted by atomic mass is 10.1. The summed E-state index contributed by atoms with van der Waals surface area (Å²) in [4.78, 5) is 21.7. The van der Waals surface area contributed by atoms with Gasteiger partial charge >= 0.3 is 0 Å². The van der Waals surface area contributed by atoms with Crippen LogP contribution in [0.15, 0.2) is 55.0 Å². The second-order valence-electron chi connectivity index (χ2n) is 8.34. The summed E-state index contributed by atoms with van der Waals surface area (Å²) in [6.45, 7) is 3.96. The molecule has 1 aromatic carbocycles. The van der Waals surface area contributed by atoms with Gasteiger partial charge in [-0.15, -0.1) is 0 Å². The van der Waals surface area contributed by atoms with E-state index in [1.807, 2.05) is 48.1 Å². The Morgan fingerprint density at radius 1 is 1.09 bits per heavy atom. The zero-order valence-electron chi connectivity index (χ0n) is 19.0. The number of para-hydroxylation sites is 1. The minimum absolute atomic E-state index is 0.536. The highest BCUT2D eigenvalue weighted by atomic mass is 15.4. The lowest BCUT2D eigenvalue weighted by Crippen LogP contribution is -2.26. The van der Waals surface area contributed by atoms with Crippen LogP contribution < -0.4 is 10.2 Å². The number of hydrogen-bond acceptors (Lipinski definition) is 7. The third-order valence-corrected chi connectivity index (χ3v) is 5.44. The molecule has 0 saturated carbocycles. The maximum absolute atomic E-state index is 4.95. The van der Waals surface area contributed by atoms with Crippen molar-refractivity contribution in [3.63, 3.8) is 0 Å². The van der Waals surface area contributed by atoms with Crippen molar-refractivity contribution in [2.45, 2.75) is 26.7 Å². The Morgan fingerprint density at radius 3 is 2.82 bits per heavy atom. The molecule has 0 fully saturated rings. The predicted octanol–water partition coefficient (Wildman–Crippen LogP) is 3.49. The molecule has 0 atom stereocenters. The van der Waals surface area contributed by atoms with E-state index in [0.29, 0.717) is 13.2 Å². The van der Waals surface area contributed by atoms with Crippen LogP contribution in [0.3, 0.4) is 0 Å². The van der Waals surface area contributed by atoms with Gasteiger partial charge in [-0.2, -0.15) is 5.10 Å². The largest absolute Gasteiger partial charge is 0.378 e. The van der Waals surface area contributed by atoms with E-state index in [1.54, 1.807) is 6.33 Å². The molecule has 4 aromatic rings. The van der Waals surface area contributed by atoms with E-state index >= 15 is 0 Å². The Labute approximate surface area is 192 Å². The standard InChI is InChI=1S/C24H27N9/c1-17-7-6-10-20(28-17)23-24(32-12-11-22-26-15-27-33(22)16-32)30-21(29-23)13-25-19-9-5-4-8-18(19)14-31(2)3/h4-12,15,25H,13-14,16H2,1-3H3,(H,29,30). The molecule has 0 amide bonds. The Balaban J connectivity index is 1.45. The van der Waals surface area contributed by atoms with Gasteiger partial charge in [0.25, 0.3) is 0 Å². The zero-order valence-corrected chi connectivity index (χ0v) is 19.0. The van der Waals surface area contributed by atoms with Gasteiger partial charge in [0.15, 0.2) is 11.6 Å². The van der Waals surface area contributed by atoms with E-state index in [-0.39, 0.29) is 0 Å². The fourth-order valence-corrected chi connectivity index (χ4v) is 3.91. The smallest absolute Gasteiger partial charge is 0.162 e. The number of benzene rings is 1. The van der Waals surface area contributed by atoms with Crippen molar-refractivity contribution in [3.8, 4) is 11.4 Å². The van der Waals surface area contributed by atoms with Crippen LogP contribution in [0.1, 0.15) is 22.9 Å². The van der Waals surface area contributed by atoms with Gasteiger partial charge in [0.2, 0.25) is 0 Å². The molecule has 168 valence electrons. The number of fused-ring (bicyclic) bond motifs is 1. The molecule has 9 nitrogen and oxygen atoms in total. The molecule has 1 aliphatic heterocycles. The number of aromatic amines is 1. The van der Waals surface area contributed by atoms with Crippen LogP contribution in [0.4, 0.5) is 11.5 Å². The van der Waals surface area contributed by atoms with Gasteiger partial charge in [-0.1, -0.05) is 24.3 Å². The lowest BCUT2D eigenvalue weighted by Gasteiger charge is -2.22. The molecule has 33 heavy (non-hydrogen) atoms. The minimum atomic E-state index is 0.536. The fourth-order valence-electron chi connectivity index (χ4n) is 3.91. The number of aromatic nitrogens is 6. The van der Waals surface area contributed by atoms with E-state index in [9.17, 15) is 0 Å².